The topological polar surface area (TPSA) is 71.1 Å². The number of hydrogen-bond donors (Lipinski definition) is 0. The second-order valence-corrected chi connectivity index (χ2v) is 6.34. The summed E-state index contributed by atoms with van der Waals surface area (Å²) in [5.74, 6) is 0.116. The standard InChI is InChI=1S/C22H28O6/c1-4-26-15-18(22(24)27-5-2)19(23)12-10-16-11-13-20(25-3)21(14-16)28-17-8-6-7-9-17/h10-15,17H,4-9H2,1-3H3. The number of esters is 1. The molecule has 0 radical (unpaired) electrons. The molecule has 0 heterocycles. The van der Waals surface area contributed by atoms with Crippen molar-refractivity contribution in [3.8, 4) is 11.5 Å². The van der Waals surface area contributed by atoms with Gasteiger partial charge in [0.15, 0.2) is 17.3 Å². The zero-order valence-corrected chi connectivity index (χ0v) is 16.7. The summed E-state index contributed by atoms with van der Waals surface area (Å²) in [5, 5.41) is 0. The molecule has 152 valence electrons. The van der Waals surface area contributed by atoms with Gasteiger partial charge in [-0.05, 0) is 63.3 Å². The number of carbonyl (C=O) groups is 2. The van der Waals surface area contributed by atoms with Gasteiger partial charge in [0.25, 0.3) is 0 Å². The van der Waals surface area contributed by atoms with E-state index in [1.54, 1.807) is 33.1 Å². The largest absolute Gasteiger partial charge is 0.500 e. The molecule has 1 aliphatic rings. The van der Waals surface area contributed by atoms with Crippen LogP contribution in [0.4, 0.5) is 0 Å². The minimum absolute atomic E-state index is 0.143. The lowest BCUT2D eigenvalue weighted by Gasteiger charge is -2.16. The molecule has 0 bridgehead atoms. The van der Waals surface area contributed by atoms with Crippen molar-refractivity contribution in [3.05, 3.63) is 41.7 Å². The van der Waals surface area contributed by atoms with E-state index in [4.69, 9.17) is 18.9 Å². The molecule has 0 aliphatic heterocycles. The third-order valence-corrected chi connectivity index (χ3v) is 4.34. The number of ether oxygens (including phenoxy) is 4. The Morgan fingerprint density at radius 2 is 1.86 bits per heavy atom. The highest BCUT2D eigenvalue weighted by atomic mass is 16.5. The molecule has 2 rings (SSSR count). The van der Waals surface area contributed by atoms with Crippen LogP contribution >= 0.6 is 0 Å². The van der Waals surface area contributed by atoms with Crippen LogP contribution in [-0.4, -0.2) is 38.2 Å². The SMILES string of the molecule is CCOC=C(C(=O)C=Cc1ccc(OC)c(OC2CCCC2)c1)C(=O)OCC. The first-order valence-corrected chi connectivity index (χ1v) is 9.65. The highest BCUT2D eigenvalue weighted by molar-refractivity contribution is 6.22. The molecule has 1 fully saturated rings. The summed E-state index contributed by atoms with van der Waals surface area (Å²) in [4.78, 5) is 24.4. The smallest absolute Gasteiger partial charge is 0.345 e. The zero-order chi connectivity index (χ0) is 20.4. The molecular weight excluding hydrogens is 360 g/mol. The highest BCUT2D eigenvalue weighted by Crippen LogP contribution is 2.32. The van der Waals surface area contributed by atoms with Crippen molar-refractivity contribution in [2.75, 3.05) is 20.3 Å². The molecule has 1 saturated carbocycles. The van der Waals surface area contributed by atoms with E-state index in [0.29, 0.717) is 18.1 Å². The maximum absolute atomic E-state index is 12.4. The van der Waals surface area contributed by atoms with Crippen molar-refractivity contribution in [2.24, 2.45) is 0 Å². The van der Waals surface area contributed by atoms with Crippen molar-refractivity contribution >= 4 is 17.8 Å². The fraction of sp³-hybridized carbons (Fsp3) is 0.455. The Morgan fingerprint density at radius 1 is 1.11 bits per heavy atom. The van der Waals surface area contributed by atoms with Crippen LogP contribution in [-0.2, 0) is 19.1 Å². The fourth-order valence-electron chi connectivity index (χ4n) is 2.92. The van der Waals surface area contributed by atoms with Crippen LogP contribution in [0.25, 0.3) is 6.08 Å². The van der Waals surface area contributed by atoms with Crippen molar-refractivity contribution in [1.29, 1.82) is 0 Å². The zero-order valence-electron chi connectivity index (χ0n) is 16.7. The van der Waals surface area contributed by atoms with Crippen LogP contribution in [0.5, 0.6) is 11.5 Å². The lowest BCUT2D eigenvalue weighted by atomic mass is 10.1. The molecule has 1 aromatic carbocycles. The molecule has 0 unspecified atom stereocenters. The normalized spacial score (nSPS) is 14.9. The van der Waals surface area contributed by atoms with Crippen LogP contribution in [0.3, 0.4) is 0 Å². The quantitative estimate of drug-likeness (QED) is 0.198. The van der Waals surface area contributed by atoms with E-state index in [2.05, 4.69) is 0 Å². The van der Waals surface area contributed by atoms with E-state index < -0.39 is 11.8 Å². The summed E-state index contributed by atoms with van der Waals surface area (Å²) in [6, 6.07) is 5.45. The number of methoxy groups -OCH3 is 1. The van der Waals surface area contributed by atoms with Crippen molar-refractivity contribution in [2.45, 2.75) is 45.6 Å². The van der Waals surface area contributed by atoms with E-state index in [1.807, 2.05) is 12.1 Å². The fourth-order valence-corrected chi connectivity index (χ4v) is 2.92. The molecule has 0 saturated heterocycles. The van der Waals surface area contributed by atoms with E-state index in [9.17, 15) is 9.59 Å². The van der Waals surface area contributed by atoms with Gasteiger partial charge in [0.2, 0.25) is 0 Å². The average molecular weight is 388 g/mol. The molecule has 0 aromatic heterocycles. The Balaban J connectivity index is 2.16. The molecule has 1 aliphatic carbocycles. The summed E-state index contributed by atoms with van der Waals surface area (Å²) in [6.07, 6.45) is 8.70. The average Bonchev–Trinajstić information content (AvgIpc) is 3.20. The predicted molar refractivity (Wildman–Crippen MR) is 106 cm³/mol. The predicted octanol–water partition coefficient (Wildman–Crippen LogP) is 4.08. The first-order chi connectivity index (χ1) is 13.6. The maximum Gasteiger partial charge on any atom is 0.345 e. The van der Waals surface area contributed by atoms with Gasteiger partial charge in [-0.15, -0.1) is 0 Å². The van der Waals surface area contributed by atoms with E-state index >= 15 is 0 Å². The van der Waals surface area contributed by atoms with Gasteiger partial charge >= 0.3 is 5.97 Å². The van der Waals surface area contributed by atoms with Crippen LogP contribution in [0.1, 0.15) is 45.1 Å². The number of hydrogen-bond acceptors (Lipinski definition) is 6. The second kappa shape index (κ2) is 11.2. The Labute approximate surface area is 166 Å². The minimum Gasteiger partial charge on any atom is -0.500 e. The summed E-state index contributed by atoms with van der Waals surface area (Å²) in [7, 11) is 1.60. The molecule has 0 N–H and O–H groups in total. The lowest BCUT2D eigenvalue weighted by Crippen LogP contribution is -2.15. The van der Waals surface area contributed by atoms with Crippen LogP contribution < -0.4 is 9.47 Å². The Bertz CT molecular complexity index is 729. The third-order valence-electron chi connectivity index (χ3n) is 4.34. The number of allylic oxidation sites excluding steroid dienone is 1. The molecular formula is C22H28O6. The number of rotatable bonds is 10. The number of benzene rings is 1. The Morgan fingerprint density at radius 3 is 2.50 bits per heavy atom. The van der Waals surface area contributed by atoms with Gasteiger partial charge in [0, 0.05) is 0 Å². The van der Waals surface area contributed by atoms with Crippen molar-refractivity contribution < 1.29 is 28.5 Å². The molecule has 28 heavy (non-hydrogen) atoms. The molecule has 0 atom stereocenters. The van der Waals surface area contributed by atoms with Gasteiger partial charge in [0.05, 0.1) is 26.4 Å². The first kappa shape index (κ1) is 21.5. The van der Waals surface area contributed by atoms with Gasteiger partial charge in [-0.2, -0.15) is 0 Å². The van der Waals surface area contributed by atoms with Crippen LogP contribution in [0.2, 0.25) is 0 Å². The third kappa shape index (κ3) is 6.15. The van der Waals surface area contributed by atoms with Gasteiger partial charge < -0.3 is 18.9 Å². The molecule has 0 amide bonds. The van der Waals surface area contributed by atoms with Crippen LogP contribution in [0.15, 0.2) is 36.1 Å². The summed E-state index contributed by atoms with van der Waals surface area (Å²) >= 11 is 0. The number of carbonyl (C=O) groups excluding carboxylic acids is 2. The molecule has 6 heteroatoms. The molecule has 0 spiro atoms. The Kier molecular flexibility index (Phi) is 8.59. The van der Waals surface area contributed by atoms with Crippen molar-refractivity contribution in [3.63, 3.8) is 0 Å². The van der Waals surface area contributed by atoms with Gasteiger partial charge in [-0.1, -0.05) is 12.1 Å². The molecule has 6 nitrogen and oxygen atoms in total. The lowest BCUT2D eigenvalue weighted by molar-refractivity contribution is -0.139. The van der Waals surface area contributed by atoms with E-state index in [1.165, 1.54) is 18.9 Å². The first-order valence-electron chi connectivity index (χ1n) is 9.65. The summed E-state index contributed by atoms with van der Waals surface area (Å²) in [6.45, 7) is 3.97. The maximum atomic E-state index is 12.4. The van der Waals surface area contributed by atoms with Crippen LogP contribution in [0, 0.1) is 0 Å². The number of ketones is 1. The van der Waals surface area contributed by atoms with Gasteiger partial charge in [-0.3, -0.25) is 4.79 Å². The van der Waals surface area contributed by atoms with E-state index in [0.717, 1.165) is 24.7 Å². The minimum atomic E-state index is -0.703. The summed E-state index contributed by atoms with van der Waals surface area (Å²) in [5.41, 5.74) is 0.623. The Hall–Kier alpha value is -2.76. The van der Waals surface area contributed by atoms with E-state index in [-0.39, 0.29) is 18.3 Å². The van der Waals surface area contributed by atoms with Crippen molar-refractivity contribution in [1.82, 2.24) is 0 Å². The van der Waals surface area contributed by atoms with Gasteiger partial charge in [-0.25, -0.2) is 4.79 Å². The second-order valence-electron chi connectivity index (χ2n) is 6.34. The monoisotopic (exact) mass is 388 g/mol. The highest BCUT2D eigenvalue weighted by Gasteiger charge is 2.19. The summed E-state index contributed by atoms with van der Waals surface area (Å²) < 4.78 is 21.5. The molecule has 1 aromatic rings. The van der Waals surface area contributed by atoms with Gasteiger partial charge in [0.1, 0.15) is 11.8 Å².